The predicted octanol–water partition coefficient (Wildman–Crippen LogP) is 0.768. The molecule has 0 spiro atoms. The highest BCUT2D eigenvalue weighted by molar-refractivity contribution is 4.78. The minimum absolute atomic E-state index is 0.114. The van der Waals surface area contributed by atoms with Gasteiger partial charge in [-0.05, 0) is 13.8 Å². The summed E-state index contributed by atoms with van der Waals surface area (Å²) in [5.41, 5.74) is -0.213. The van der Waals surface area contributed by atoms with Crippen LogP contribution in [-0.2, 0) is 9.47 Å². The van der Waals surface area contributed by atoms with E-state index >= 15 is 0 Å². The molecule has 1 fully saturated rings. The molecule has 3 heteroatoms. The molecule has 1 aliphatic heterocycles. The van der Waals surface area contributed by atoms with Gasteiger partial charge in [-0.2, -0.15) is 0 Å². The molecule has 0 aromatic carbocycles. The topological polar surface area (TPSA) is 38.7 Å². The Morgan fingerprint density at radius 1 is 1.18 bits per heavy atom. The molecule has 11 heavy (non-hydrogen) atoms. The van der Waals surface area contributed by atoms with E-state index in [1.165, 1.54) is 0 Å². The second kappa shape index (κ2) is 2.73. The van der Waals surface area contributed by atoms with E-state index in [2.05, 4.69) is 0 Å². The number of aliphatic hydroxyl groups excluding tert-OH is 1. The van der Waals surface area contributed by atoms with Crippen LogP contribution in [0, 0.1) is 5.41 Å². The van der Waals surface area contributed by atoms with E-state index in [0.29, 0.717) is 13.2 Å². The van der Waals surface area contributed by atoms with Crippen molar-refractivity contribution < 1.29 is 14.6 Å². The molecule has 0 saturated carbocycles. The van der Waals surface area contributed by atoms with Gasteiger partial charge in [-0.1, -0.05) is 6.92 Å². The Hall–Kier alpha value is -0.120. The molecule has 66 valence electrons. The molecular formula is C8H16O3. The van der Waals surface area contributed by atoms with Gasteiger partial charge < -0.3 is 14.6 Å². The maximum absolute atomic E-state index is 8.96. The summed E-state index contributed by atoms with van der Waals surface area (Å²) < 4.78 is 10.8. The highest BCUT2D eigenvalue weighted by Gasteiger charge is 2.35. The Bertz CT molecular complexity index is 132. The fraction of sp³-hybridized carbons (Fsp3) is 1.00. The quantitative estimate of drug-likeness (QED) is 0.615. The van der Waals surface area contributed by atoms with Gasteiger partial charge in [-0.15, -0.1) is 0 Å². The molecule has 1 rings (SSSR count). The second-order valence-electron chi connectivity index (χ2n) is 3.95. The summed E-state index contributed by atoms with van der Waals surface area (Å²) >= 11 is 0. The van der Waals surface area contributed by atoms with Gasteiger partial charge in [0.1, 0.15) is 0 Å². The smallest absolute Gasteiger partial charge is 0.162 e. The van der Waals surface area contributed by atoms with Gasteiger partial charge in [0.25, 0.3) is 0 Å². The molecule has 1 heterocycles. The Morgan fingerprint density at radius 3 is 2.00 bits per heavy atom. The molecular weight excluding hydrogens is 144 g/mol. The average molecular weight is 160 g/mol. The van der Waals surface area contributed by atoms with Crippen LogP contribution in [0.25, 0.3) is 0 Å². The maximum atomic E-state index is 8.96. The third kappa shape index (κ3) is 2.15. The molecule has 1 saturated heterocycles. The maximum Gasteiger partial charge on any atom is 0.162 e. The van der Waals surface area contributed by atoms with Crippen LogP contribution >= 0.6 is 0 Å². The van der Waals surface area contributed by atoms with Crippen molar-refractivity contribution in [3.63, 3.8) is 0 Å². The lowest BCUT2D eigenvalue weighted by Gasteiger charge is -2.40. The average Bonchev–Trinajstić information content (AvgIpc) is 1.97. The molecule has 0 aromatic rings. The van der Waals surface area contributed by atoms with Crippen molar-refractivity contribution in [3.05, 3.63) is 0 Å². The SMILES string of the molecule is CC1(CO)COC(C)(C)OC1. The third-order valence-corrected chi connectivity index (χ3v) is 1.92. The first-order valence-corrected chi connectivity index (χ1v) is 3.86. The zero-order valence-electron chi connectivity index (χ0n) is 7.39. The number of ether oxygens (including phenoxy) is 2. The van der Waals surface area contributed by atoms with Gasteiger partial charge in [0.05, 0.1) is 19.8 Å². The second-order valence-corrected chi connectivity index (χ2v) is 3.95. The van der Waals surface area contributed by atoms with Crippen LogP contribution in [0.4, 0.5) is 0 Å². The standard InChI is InChI=1S/C8H16O3/c1-7(2)10-5-8(3,4-9)6-11-7/h9H,4-6H2,1-3H3. The Labute approximate surface area is 67.3 Å². The molecule has 1 aliphatic rings. The molecule has 0 aliphatic carbocycles. The number of hydrogen-bond donors (Lipinski definition) is 1. The van der Waals surface area contributed by atoms with Crippen molar-refractivity contribution in [2.24, 2.45) is 5.41 Å². The molecule has 0 unspecified atom stereocenters. The highest BCUT2D eigenvalue weighted by atomic mass is 16.7. The summed E-state index contributed by atoms with van der Waals surface area (Å²) in [4.78, 5) is 0. The minimum Gasteiger partial charge on any atom is -0.396 e. The van der Waals surface area contributed by atoms with Crippen molar-refractivity contribution in [2.75, 3.05) is 19.8 Å². The van der Waals surface area contributed by atoms with Crippen LogP contribution in [0.15, 0.2) is 0 Å². The number of aliphatic hydroxyl groups is 1. The van der Waals surface area contributed by atoms with Gasteiger partial charge in [-0.25, -0.2) is 0 Å². The largest absolute Gasteiger partial charge is 0.396 e. The van der Waals surface area contributed by atoms with Crippen LogP contribution in [0.1, 0.15) is 20.8 Å². The molecule has 0 bridgehead atoms. The summed E-state index contributed by atoms with van der Waals surface area (Å²) in [5.74, 6) is -0.478. The first-order valence-electron chi connectivity index (χ1n) is 3.86. The molecule has 0 aromatic heterocycles. The van der Waals surface area contributed by atoms with Crippen LogP contribution in [0.5, 0.6) is 0 Å². The van der Waals surface area contributed by atoms with E-state index in [0.717, 1.165) is 0 Å². The first-order chi connectivity index (χ1) is 4.97. The van der Waals surface area contributed by atoms with Gasteiger partial charge in [0.2, 0.25) is 0 Å². The van der Waals surface area contributed by atoms with E-state index < -0.39 is 5.79 Å². The zero-order valence-corrected chi connectivity index (χ0v) is 7.39. The van der Waals surface area contributed by atoms with Crippen molar-refractivity contribution in [3.8, 4) is 0 Å². The van der Waals surface area contributed by atoms with Crippen molar-refractivity contribution in [2.45, 2.75) is 26.6 Å². The molecule has 3 nitrogen and oxygen atoms in total. The van der Waals surface area contributed by atoms with E-state index in [9.17, 15) is 0 Å². The summed E-state index contributed by atoms with van der Waals surface area (Å²) in [7, 11) is 0. The molecule has 1 N–H and O–H groups in total. The third-order valence-electron chi connectivity index (χ3n) is 1.92. The predicted molar refractivity (Wildman–Crippen MR) is 41.2 cm³/mol. The number of rotatable bonds is 1. The Balaban J connectivity index is 2.48. The van der Waals surface area contributed by atoms with Gasteiger partial charge in [0.15, 0.2) is 5.79 Å². The minimum atomic E-state index is -0.478. The van der Waals surface area contributed by atoms with Gasteiger partial charge in [-0.3, -0.25) is 0 Å². The normalized spacial score (nSPS) is 28.4. The lowest BCUT2D eigenvalue weighted by molar-refractivity contribution is -0.286. The lowest BCUT2D eigenvalue weighted by atomic mass is 9.93. The molecule has 0 radical (unpaired) electrons. The van der Waals surface area contributed by atoms with E-state index in [1.807, 2.05) is 20.8 Å². The monoisotopic (exact) mass is 160 g/mol. The zero-order chi connectivity index (χ0) is 8.54. The Morgan fingerprint density at radius 2 is 1.64 bits per heavy atom. The summed E-state index contributed by atoms with van der Waals surface area (Å²) in [5, 5.41) is 8.96. The van der Waals surface area contributed by atoms with Gasteiger partial charge in [0, 0.05) is 5.41 Å². The molecule has 0 amide bonds. The summed E-state index contributed by atoms with van der Waals surface area (Å²) in [6, 6.07) is 0. The van der Waals surface area contributed by atoms with Gasteiger partial charge >= 0.3 is 0 Å². The van der Waals surface area contributed by atoms with Crippen molar-refractivity contribution in [1.29, 1.82) is 0 Å². The Kier molecular flexibility index (Phi) is 2.23. The van der Waals surface area contributed by atoms with E-state index in [1.54, 1.807) is 0 Å². The fourth-order valence-corrected chi connectivity index (χ4v) is 0.871. The summed E-state index contributed by atoms with van der Waals surface area (Å²) in [6.45, 7) is 6.95. The highest BCUT2D eigenvalue weighted by Crippen LogP contribution is 2.28. The first kappa shape index (κ1) is 8.97. The van der Waals surface area contributed by atoms with E-state index in [-0.39, 0.29) is 12.0 Å². The van der Waals surface area contributed by atoms with E-state index in [4.69, 9.17) is 14.6 Å². The molecule has 0 atom stereocenters. The lowest BCUT2D eigenvalue weighted by Crippen LogP contribution is -2.46. The van der Waals surface area contributed by atoms with Crippen molar-refractivity contribution >= 4 is 0 Å². The van der Waals surface area contributed by atoms with Crippen LogP contribution in [0.2, 0.25) is 0 Å². The summed E-state index contributed by atoms with van der Waals surface area (Å²) in [6.07, 6.45) is 0. The van der Waals surface area contributed by atoms with Crippen molar-refractivity contribution in [1.82, 2.24) is 0 Å². The van der Waals surface area contributed by atoms with Crippen LogP contribution in [-0.4, -0.2) is 30.7 Å². The number of hydrogen-bond acceptors (Lipinski definition) is 3. The fourth-order valence-electron chi connectivity index (χ4n) is 0.871. The van der Waals surface area contributed by atoms with Crippen LogP contribution < -0.4 is 0 Å². The van der Waals surface area contributed by atoms with Crippen LogP contribution in [0.3, 0.4) is 0 Å².